The van der Waals surface area contributed by atoms with Crippen molar-refractivity contribution >= 4 is 5.97 Å². The van der Waals surface area contributed by atoms with Gasteiger partial charge in [0.05, 0.1) is 0 Å². The van der Waals surface area contributed by atoms with E-state index in [1.165, 1.54) is 7.11 Å². The van der Waals surface area contributed by atoms with Crippen LogP contribution in [0.4, 0.5) is 0 Å². The Morgan fingerprint density at radius 2 is 2.07 bits per heavy atom. The van der Waals surface area contributed by atoms with Gasteiger partial charge >= 0.3 is 5.97 Å². The lowest BCUT2D eigenvalue weighted by atomic mass is 10.0. The monoisotopic (exact) mass is 214 g/mol. The van der Waals surface area contributed by atoms with Crippen LogP contribution in [0.15, 0.2) is 25.3 Å². The van der Waals surface area contributed by atoms with E-state index in [0.29, 0.717) is 0 Å². The van der Waals surface area contributed by atoms with Crippen LogP contribution in [0.3, 0.4) is 0 Å². The topological polar surface area (TPSA) is 44.8 Å². The maximum atomic E-state index is 11.1. The van der Waals surface area contributed by atoms with Crippen LogP contribution >= 0.6 is 0 Å². The summed E-state index contributed by atoms with van der Waals surface area (Å²) in [5, 5.41) is 0. The molecule has 4 nitrogen and oxygen atoms in total. The van der Waals surface area contributed by atoms with Crippen LogP contribution in [-0.2, 0) is 19.0 Å². The van der Waals surface area contributed by atoms with Crippen LogP contribution in [0.2, 0.25) is 0 Å². The first-order chi connectivity index (χ1) is 6.97. The van der Waals surface area contributed by atoms with Crippen molar-refractivity contribution in [2.75, 3.05) is 13.9 Å². The van der Waals surface area contributed by atoms with E-state index in [1.54, 1.807) is 19.9 Å². The van der Waals surface area contributed by atoms with Crippen molar-refractivity contribution in [3.8, 4) is 0 Å². The Morgan fingerprint density at radius 3 is 2.47 bits per heavy atom. The molecule has 0 N–H and O–H groups in total. The molecule has 86 valence electrons. The van der Waals surface area contributed by atoms with Crippen LogP contribution in [0.1, 0.15) is 13.8 Å². The predicted molar refractivity (Wildman–Crippen MR) is 57.3 cm³/mol. The predicted octanol–water partition coefficient (Wildman–Crippen LogP) is 1.67. The van der Waals surface area contributed by atoms with Gasteiger partial charge in [-0.1, -0.05) is 12.7 Å². The van der Waals surface area contributed by atoms with Crippen LogP contribution in [0.5, 0.6) is 0 Å². The summed E-state index contributed by atoms with van der Waals surface area (Å²) in [6.45, 7) is 10.5. The average molecular weight is 214 g/mol. The normalized spacial score (nSPS) is 13.0. The Balaban J connectivity index is 4.42. The van der Waals surface area contributed by atoms with Crippen molar-refractivity contribution in [1.82, 2.24) is 0 Å². The molecule has 0 fully saturated rings. The molecule has 0 aliphatic heterocycles. The minimum Gasteiger partial charge on any atom is -0.453 e. The van der Waals surface area contributed by atoms with E-state index in [0.717, 1.165) is 6.08 Å². The number of rotatable bonds is 7. The summed E-state index contributed by atoms with van der Waals surface area (Å²) in [4.78, 5) is 11.1. The number of carbonyl (C=O) groups excluding carboxylic acids is 1. The van der Waals surface area contributed by atoms with Gasteiger partial charge in [-0.2, -0.15) is 0 Å². The average Bonchev–Trinajstić information content (AvgIpc) is 2.17. The van der Waals surface area contributed by atoms with E-state index in [4.69, 9.17) is 14.2 Å². The third kappa shape index (κ3) is 4.76. The molecule has 0 rings (SSSR count). The van der Waals surface area contributed by atoms with E-state index in [9.17, 15) is 4.79 Å². The van der Waals surface area contributed by atoms with Crippen molar-refractivity contribution in [2.24, 2.45) is 0 Å². The maximum absolute atomic E-state index is 11.1. The molecule has 4 heteroatoms. The van der Waals surface area contributed by atoms with Gasteiger partial charge in [-0.15, -0.1) is 6.58 Å². The molecule has 15 heavy (non-hydrogen) atoms. The Morgan fingerprint density at radius 1 is 1.47 bits per heavy atom. The Labute approximate surface area is 90.5 Å². The van der Waals surface area contributed by atoms with Gasteiger partial charge in [0.2, 0.25) is 0 Å². The Hall–Kier alpha value is -1.13. The molecule has 0 heterocycles. The summed E-state index contributed by atoms with van der Waals surface area (Å²) >= 11 is 0. The highest BCUT2D eigenvalue weighted by atomic mass is 16.7. The summed E-state index contributed by atoms with van der Waals surface area (Å²) in [5.74, 6) is -0.493. The highest BCUT2D eigenvalue weighted by Crippen LogP contribution is 2.19. The number of esters is 1. The van der Waals surface area contributed by atoms with Gasteiger partial charge in [-0.05, 0) is 13.8 Å². The number of hydrogen-bond acceptors (Lipinski definition) is 4. The van der Waals surface area contributed by atoms with Crippen LogP contribution < -0.4 is 0 Å². The second-order valence-corrected chi connectivity index (χ2v) is 3.46. The molecule has 0 aliphatic rings. The van der Waals surface area contributed by atoms with Crippen LogP contribution in [0.25, 0.3) is 0 Å². The standard InChI is InChI=1S/C11H18O4/c1-6-9(14-8-13-5)11(3,4)15-10(12)7-2/h6-7,9H,1-2,8H2,3-5H3/t9-/m1/s1. The molecule has 1 atom stereocenters. The van der Waals surface area contributed by atoms with Gasteiger partial charge < -0.3 is 14.2 Å². The lowest BCUT2D eigenvalue weighted by molar-refractivity contribution is -0.171. The fourth-order valence-corrected chi connectivity index (χ4v) is 1.05. The van der Waals surface area contributed by atoms with Crippen molar-refractivity contribution in [1.29, 1.82) is 0 Å². The smallest absolute Gasteiger partial charge is 0.330 e. The third-order valence-electron chi connectivity index (χ3n) is 1.80. The van der Waals surface area contributed by atoms with E-state index in [-0.39, 0.29) is 6.79 Å². The summed E-state index contributed by atoms with van der Waals surface area (Å²) in [6.07, 6.45) is 2.24. The number of ether oxygens (including phenoxy) is 3. The molecule has 0 spiro atoms. The molecule has 0 bridgehead atoms. The fraction of sp³-hybridized carbons (Fsp3) is 0.545. The zero-order chi connectivity index (χ0) is 11.9. The molecule has 0 aromatic carbocycles. The van der Waals surface area contributed by atoms with E-state index in [2.05, 4.69) is 13.2 Å². The highest BCUT2D eigenvalue weighted by Gasteiger charge is 2.31. The molecule has 0 aliphatic carbocycles. The van der Waals surface area contributed by atoms with Crippen molar-refractivity contribution in [2.45, 2.75) is 25.6 Å². The lowest BCUT2D eigenvalue weighted by Gasteiger charge is -2.31. The van der Waals surface area contributed by atoms with Gasteiger partial charge in [-0.25, -0.2) is 4.79 Å². The zero-order valence-corrected chi connectivity index (χ0v) is 9.49. The molecule has 0 aromatic rings. The summed E-state index contributed by atoms with van der Waals surface area (Å²) in [5.41, 5.74) is -0.800. The molecule has 0 amide bonds. The zero-order valence-electron chi connectivity index (χ0n) is 9.49. The first kappa shape index (κ1) is 13.9. The van der Waals surface area contributed by atoms with Gasteiger partial charge in [0.25, 0.3) is 0 Å². The second kappa shape index (κ2) is 6.37. The first-order valence-electron chi connectivity index (χ1n) is 4.56. The SMILES string of the molecule is C=CC(=O)OC(C)(C)[C@@H](C=C)OCOC. The lowest BCUT2D eigenvalue weighted by Crippen LogP contribution is -2.41. The maximum Gasteiger partial charge on any atom is 0.330 e. The molecule has 0 saturated heterocycles. The third-order valence-corrected chi connectivity index (χ3v) is 1.80. The molecule has 0 radical (unpaired) electrons. The van der Waals surface area contributed by atoms with E-state index in [1.807, 2.05) is 0 Å². The van der Waals surface area contributed by atoms with Gasteiger partial charge in [0, 0.05) is 13.2 Å². The summed E-state index contributed by atoms with van der Waals surface area (Å²) in [7, 11) is 1.52. The van der Waals surface area contributed by atoms with E-state index >= 15 is 0 Å². The fourth-order valence-electron chi connectivity index (χ4n) is 1.05. The largest absolute Gasteiger partial charge is 0.453 e. The van der Waals surface area contributed by atoms with Crippen LogP contribution in [0, 0.1) is 0 Å². The molecule has 0 saturated carbocycles. The minimum absolute atomic E-state index is 0.117. The molecule has 0 unspecified atom stereocenters. The summed E-state index contributed by atoms with van der Waals surface area (Å²) in [6, 6.07) is 0. The van der Waals surface area contributed by atoms with Crippen molar-refractivity contribution in [3.05, 3.63) is 25.3 Å². The Kier molecular flexibility index (Phi) is 5.89. The molecule has 0 aromatic heterocycles. The molecular formula is C11H18O4. The molecular weight excluding hydrogens is 196 g/mol. The highest BCUT2D eigenvalue weighted by molar-refractivity contribution is 5.81. The van der Waals surface area contributed by atoms with Gasteiger partial charge in [0.1, 0.15) is 18.5 Å². The number of carbonyl (C=O) groups is 1. The second-order valence-electron chi connectivity index (χ2n) is 3.46. The number of methoxy groups -OCH3 is 1. The number of hydrogen-bond donors (Lipinski definition) is 0. The van der Waals surface area contributed by atoms with Gasteiger partial charge in [0.15, 0.2) is 0 Å². The van der Waals surface area contributed by atoms with Crippen molar-refractivity contribution in [3.63, 3.8) is 0 Å². The summed E-state index contributed by atoms with van der Waals surface area (Å²) < 4.78 is 15.2. The van der Waals surface area contributed by atoms with Gasteiger partial charge in [-0.3, -0.25) is 0 Å². The minimum atomic E-state index is -0.800. The van der Waals surface area contributed by atoms with Crippen LogP contribution in [-0.4, -0.2) is 31.6 Å². The van der Waals surface area contributed by atoms with E-state index < -0.39 is 17.7 Å². The Bertz CT molecular complexity index is 233. The van der Waals surface area contributed by atoms with Crippen molar-refractivity contribution < 1.29 is 19.0 Å². The first-order valence-corrected chi connectivity index (χ1v) is 4.56. The quantitative estimate of drug-likeness (QED) is 0.280.